The number of esters is 1. The first kappa shape index (κ1) is 22.7. The second-order valence-electron chi connectivity index (χ2n) is 6.32. The van der Waals surface area contributed by atoms with E-state index in [-0.39, 0.29) is 16.8 Å². The third-order valence-corrected chi connectivity index (χ3v) is 4.19. The van der Waals surface area contributed by atoms with Gasteiger partial charge in [-0.1, -0.05) is 12.1 Å². The molecule has 0 aliphatic carbocycles. The fraction of sp³-hybridized carbons (Fsp3) is 0.143. The molecule has 0 aliphatic heterocycles. The minimum atomic E-state index is -5.06. The number of pyridine rings is 2. The third-order valence-electron chi connectivity index (χ3n) is 4.19. The molecule has 0 saturated heterocycles. The highest BCUT2D eigenvalue weighted by Crippen LogP contribution is 2.29. The highest BCUT2D eigenvalue weighted by molar-refractivity contribution is 5.94. The summed E-state index contributed by atoms with van der Waals surface area (Å²) in [5, 5.41) is 2.61. The topological polar surface area (TPSA) is 90.4 Å². The molecule has 2 heterocycles. The summed E-state index contributed by atoms with van der Waals surface area (Å²) in [6, 6.07) is 9.22. The van der Waals surface area contributed by atoms with Gasteiger partial charge in [0.05, 0.1) is 24.4 Å². The maximum atomic E-state index is 14.3. The number of halogens is 4. The second-order valence-corrected chi connectivity index (χ2v) is 6.32. The van der Waals surface area contributed by atoms with Crippen LogP contribution >= 0.6 is 0 Å². The van der Waals surface area contributed by atoms with Gasteiger partial charge in [-0.2, -0.15) is 0 Å². The molecule has 1 aromatic carbocycles. The van der Waals surface area contributed by atoms with Crippen LogP contribution in [0, 0.1) is 5.82 Å². The Bertz CT molecular complexity index is 1110. The van der Waals surface area contributed by atoms with Gasteiger partial charge >= 0.3 is 12.3 Å². The highest BCUT2D eigenvalue weighted by atomic mass is 19.4. The Morgan fingerprint density at radius 1 is 1.06 bits per heavy atom. The smallest absolute Gasteiger partial charge is 0.465 e. The van der Waals surface area contributed by atoms with Gasteiger partial charge in [0.1, 0.15) is 5.69 Å². The first-order valence-electron chi connectivity index (χ1n) is 8.99. The van der Waals surface area contributed by atoms with Crippen molar-refractivity contribution in [3.8, 4) is 5.75 Å². The van der Waals surface area contributed by atoms with Gasteiger partial charge in [-0.3, -0.25) is 14.8 Å². The van der Waals surface area contributed by atoms with E-state index in [0.717, 1.165) is 18.3 Å². The molecular formula is C21H15F4N3O4. The van der Waals surface area contributed by atoms with Crippen LogP contribution < -0.4 is 10.1 Å². The molecule has 0 aliphatic rings. The van der Waals surface area contributed by atoms with Gasteiger partial charge in [-0.15, -0.1) is 13.2 Å². The number of nitrogens with zero attached hydrogens (tertiary/aromatic N) is 2. The lowest BCUT2D eigenvalue weighted by Gasteiger charge is -2.19. The van der Waals surface area contributed by atoms with E-state index in [1.165, 1.54) is 31.5 Å². The molecule has 1 N–H and O–H groups in total. The molecule has 0 saturated carbocycles. The summed E-state index contributed by atoms with van der Waals surface area (Å²) in [6.07, 6.45) is -2.46. The number of benzene rings is 1. The maximum absolute atomic E-state index is 14.3. The number of methoxy groups -OCH3 is 1. The Balaban J connectivity index is 1.90. The van der Waals surface area contributed by atoms with Gasteiger partial charge in [0, 0.05) is 12.4 Å². The van der Waals surface area contributed by atoms with Crippen LogP contribution in [0.2, 0.25) is 0 Å². The zero-order valence-corrected chi connectivity index (χ0v) is 16.4. The number of carbonyl (C=O) groups is 2. The third kappa shape index (κ3) is 5.56. The summed E-state index contributed by atoms with van der Waals surface area (Å²) in [6.45, 7) is 0. The van der Waals surface area contributed by atoms with Crippen LogP contribution in [0.4, 0.5) is 17.6 Å². The highest BCUT2D eigenvalue weighted by Gasteiger charge is 2.32. The van der Waals surface area contributed by atoms with E-state index in [1.54, 1.807) is 18.2 Å². The van der Waals surface area contributed by atoms with Gasteiger partial charge in [0.2, 0.25) is 0 Å². The van der Waals surface area contributed by atoms with E-state index in [9.17, 15) is 27.2 Å². The fourth-order valence-electron chi connectivity index (χ4n) is 2.75. The number of hydrogen-bond donors (Lipinski definition) is 1. The molecule has 7 nitrogen and oxygen atoms in total. The van der Waals surface area contributed by atoms with E-state index in [4.69, 9.17) is 0 Å². The van der Waals surface area contributed by atoms with Crippen molar-refractivity contribution < 1.29 is 36.6 Å². The van der Waals surface area contributed by atoms with Gasteiger partial charge < -0.3 is 14.8 Å². The number of hydrogen-bond acceptors (Lipinski definition) is 6. The van der Waals surface area contributed by atoms with Gasteiger partial charge in [-0.25, -0.2) is 9.18 Å². The lowest BCUT2D eigenvalue weighted by Crippen LogP contribution is -2.30. The summed E-state index contributed by atoms with van der Waals surface area (Å²) >= 11 is 0. The van der Waals surface area contributed by atoms with Crippen LogP contribution in [-0.2, 0) is 4.74 Å². The molecule has 0 radical (unpaired) electrons. The molecule has 1 amide bonds. The standard InChI is InChI=1S/C21H15F4N3O4/c1-31-20(30)13-5-7-16(27-11-13)19(29)28-18(15-4-2-3-9-26-15)12-6-8-17(14(22)10-12)32-21(23,24)25/h2-11,18H,1H3,(H,28,29)/t18-/m0/s1. The maximum Gasteiger partial charge on any atom is 0.573 e. The van der Waals surface area contributed by atoms with E-state index in [0.29, 0.717) is 5.69 Å². The van der Waals surface area contributed by atoms with Crippen molar-refractivity contribution in [3.63, 3.8) is 0 Å². The van der Waals surface area contributed by atoms with Crippen LogP contribution in [0.25, 0.3) is 0 Å². The van der Waals surface area contributed by atoms with Crippen LogP contribution in [0.3, 0.4) is 0 Å². The van der Waals surface area contributed by atoms with Crippen molar-refractivity contribution >= 4 is 11.9 Å². The minimum absolute atomic E-state index is 0.0592. The molecule has 3 aromatic rings. The number of amides is 1. The molecule has 0 spiro atoms. The summed E-state index contributed by atoms with van der Waals surface area (Å²) in [5.74, 6) is -3.59. The lowest BCUT2D eigenvalue weighted by molar-refractivity contribution is -0.275. The van der Waals surface area contributed by atoms with E-state index >= 15 is 0 Å². The average molecular weight is 449 g/mol. The Kier molecular flexibility index (Phi) is 6.67. The zero-order valence-electron chi connectivity index (χ0n) is 16.4. The molecule has 166 valence electrons. The van der Waals surface area contributed by atoms with Crippen LogP contribution in [0.5, 0.6) is 5.75 Å². The Morgan fingerprint density at radius 3 is 2.41 bits per heavy atom. The normalized spacial score (nSPS) is 12.0. The van der Waals surface area contributed by atoms with Gasteiger partial charge in [-0.05, 0) is 42.0 Å². The molecule has 1 atom stereocenters. The summed E-state index contributed by atoms with van der Waals surface area (Å²) < 4.78 is 59.7. The molecule has 0 bridgehead atoms. The summed E-state index contributed by atoms with van der Waals surface area (Å²) in [5.41, 5.74) is 0.495. The Morgan fingerprint density at radius 2 is 1.84 bits per heavy atom. The Hall–Kier alpha value is -4.02. The molecule has 0 unspecified atom stereocenters. The van der Waals surface area contributed by atoms with Crippen LogP contribution in [0.1, 0.15) is 38.1 Å². The van der Waals surface area contributed by atoms with Crippen molar-refractivity contribution in [2.24, 2.45) is 0 Å². The first-order valence-corrected chi connectivity index (χ1v) is 8.99. The molecule has 0 fully saturated rings. The number of alkyl halides is 3. The molecule has 3 rings (SSSR count). The number of nitrogens with one attached hydrogen (secondary N) is 1. The van der Waals surface area contributed by atoms with Crippen molar-refractivity contribution in [1.29, 1.82) is 0 Å². The van der Waals surface area contributed by atoms with Crippen LogP contribution in [-0.4, -0.2) is 35.3 Å². The van der Waals surface area contributed by atoms with Crippen molar-refractivity contribution in [1.82, 2.24) is 15.3 Å². The number of carbonyl (C=O) groups excluding carboxylic acids is 2. The van der Waals surface area contributed by atoms with Crippen molar-refractivity contribution in [3.05, 3.63) is 89.3 Å². The van der Waals surface area contributed by atoms with Gasteiger partial charge in [0.15, 0.2) is 11.6 Å². The molecule has 2 aromatic heterocycles. The second kappa shape index (κ2) is 9.41. The molecular weight excluding hydrogens is 434 g/mol. The fourth-order valence-corrected chi connectivity index (χ4v) is 2.75. The molecule has 32 heavy (non-hydrogen) atoms. The van der Waals surface area contributed by atoms with Gasteiger partial charge in [0.25, 0.3) is 5.91 Å². The first-order chi connectivity index (χ1) is 15.2. The number of aromatic nitrogens is 2. The van der Waals surface area contributed by atoms with Crippen LogP contribution in [0.15, 0.2) is 60.9 Å². The van der Waals surface area contributed by atoms with Crippen molar-refractivity contribution in [2.45, 2.75) is 12.4 Å². The van der Waals surface area contributed by atoms with E-state index in [1.807, 2.05) is 0 Å². The molecule has 11 heteroatoms. The summed E-state index contributed by atoms with van der Waals surface area (Å²) in [4.78, 5) is 32.2. The van der Waals surface area contributed by atoms with Crippen molar-refractivity contribution in [2.75, 3.05) is 7.11 Å². The number of rotatable bonds is 6. The average Bonchev–Trinajstić information content (AvgIpc) is 2.78. The quantitative estimate of drug-likeness (QED) is 0.455. The Labute approximate surface area is 179 Å². The van der Waals surface area contributed by atoms with E-state index in [2.05, 4.69) is 24.8 Å². The zero-order chi connectivity index (χ0) is 23.3. The predicted molar refractivity (Wildman–Crippen MR) is 102 cm³/mol. The minimum Gasteiger partial charge on any atom is -0.465 e. The predicted octanol–water partition coefficient (Wildman–Crippen LogP) is 3.82. The van der Waals surface area contributed by atoms with E-state index < -0.39 is 35.8 Å². The summed E-state index contributed by atoms with van der Waals surface area (Å²) in [7, 11) is 1.20. The SMILES string of the molecule is COC(=O)c1ccc(C(=O)N[C@@H](c2ccc(OC(F)(F)F)c(F)c2)c2ccccn2)nc1. The largest absolute Gasteiger partial charge is 0.573 e. The lowest BCUT2D eigenvalue weighted by atomic mass is 10.0. The monoisotopic (exact) mass is 449 g/mol. The number of ether oxygens (including phenoxy) is 2.